The van der Waals surface area contributed by atoms with Gasteiger partial charge in [0.05, 0.1) is 12.7 Å². The molecule has 18 heavy (non-hydrogen) atoms. The SMILES string of the molecule is CN1CCOC(CNc2cccnc2[N+](=O)[O-])C1. The molecule has 1 saturated heterocycles. The van der Waals surface area contributed by atoms with Gasteiger partial charge in [-0.2, -0.15) is 0 Å². The Hall–Kier alpha value is -1.73. The molecule has 1 aliphatic heterocycles. The van der Waals surface area contributed by atoms with Crippen LogP contribution in [0.15, 0.2) is 18.3 Å². The van der Waals surface area contributed by atoms with Crippen LogP contribution in [0.25, 0.3) is 0 Å². The van der Waals surface area contributed by atoms with Gasteiger partial charge in [-0.25, -0.2) is 0 Å². The monoisotopic (exact) mass is 252 g/mol. The summed E-state index contributed by atoms with van der Waals surface area (Å²) >= 11 is 0. The van der Waals surface area contributed by atoms with E-state index in [-0.39, 0.29) is 11.9 Å². The molecule has 1 aliphatic rings. The average Bonchev–Trinajstić information content (AvgIpc) is 2.37. The zero-order valence-electron chi connectivity index (χ0n) is 10.2. The molecule has 1 N–H and O–H groups in total. The summed E-state index contributed by atoms with van der Waals surface area (Å²) in [5.41, 5.74) is 0.430. The fourth-order valence-corrected chi connectivity index (χ4v) is 1.89. The molecule has 7 heteroatoms. The van der Waals surface area contributed by atoms with Crippen molar-refractivity contribution in [1.29, 1.82) is 0 Å². The van der Waals surface area contributed by atoms with Gasteiger partial charge in [0, 0.05) is 19.6 Å². The average molecular weight is 252 g/mol. The minimum Gasteiger partial charge on any atom is -0.375 e. The molecule has 1 atom stereocenters. The Balaban J connectivity index is 1.95. The van der Waals surface area contributed by atoms with Gasteiger partial charge in [-0.3, -0.25) is 0 Å². The number of rotatable bonds is 4. The van der Waals surface area contributed by atoms with Crippen molar-refractivity contribution in [3.8, 4) is 0 Å². The lowest BCUT2D eigenvalue weighted by molar-refractivity contribution is -0.388. The van der Waals surface area contributed by atoms with Crippen LogP contribution in [-0.4, -0.2) is 54.2 Å². The second kappa shape index (κ2) is 5.74. The number of morpholine rings is 1. The highest BCUT2D eigenvalue weighted by Crippen LogP contribution is 2.20. The molecule has 0 spiro atoms. The molecule has 7 nitrogen and oxygen atoms in total. The number of aromatic nitrogens is 1. The van der Waals surface area contributed by atoms with E-state index in [1.54, 1.807) is 12.1 Å². The van der Waals surface area contributed by atoms with E-state index in [2.05, 4.69) is 15.2 Å². The molecule has 0 radical (unpaired) electrons. The Labute approximate surface area is 105 Å². The molecule has 1 aromatic rings. The number of nitro groups is 1. The fraction of sp³-hybridized carbons (Fsp3) is 0.545. The number of hydrogen-bond acceptors (Lipinski definition) is 6. The highest BCUT2D eigenvalue weighted by atomic mass is 16.6. The van der Waals surface area contributed by atoms with Gasteiger partial charge < -0.3 is 25.1 Å². The largest absolute Gasteiger partial charge is 0.386 e. The maximum absolute atomic E-state index is 10.8. The zero-order valence-corrected chi connectivity index (χ0v) is 10.2. The van der Waals surface area contributed by atoms with Gasteiger partial charge in [-0.05, 0) is 29.1 Å². The maximum atomic E-state index is 10.8. The van der Waals surface area contributed by atoms with Crippen LogP contribution in [0.1, 0.15) is 0 Å². The predicted octanol–water partition coefficient (Wildman–Crippen LogP) is 0.732. The van der Waals surface area contributed by atoms with E-state index >= 15 is 0 Å². The summed E-state index contributed by atoms with van der Waals surface area (Å²) in [6.45, 7) is 2.97. The number of likely N-dealkylation sites (N-methyl/N-ethyl adjacent to an activating group) is 1. The number of pyridine rings is 1. The smallest absolute Gasteiger partial charge is 0.375 e. The normalized spacial score (nSPS) is 20.6. The Morgan fingerprint density at radius 2 is 2.56 bits per heavy atom. The zero-order chi connectivity index (χ0) is 13.0. The van der Waals surface area contributed by atoms with Gasteiger partial charge in [0.15, 0.2) is 0 Å². The van der Waals surface area contributed by atoms with Crippen LogP contribution in [0, 0.1) is 10.1 Å². The third kappa shape index (κ3) is 3.14. The molecular formula is C11H16N4O3. The Bertz CT molecular complexity index is 427. The van der Waals surface area contributed by atoms with Gasteiger partial charge in [0.2, 0.25) is 0 Å². The second-order valence-electron chi connectivity index (χ2n) is 4.27. The Morgan fingerprint density at radius 3 is 3.28 bits per heavy atom. The standard InChI is InChI=1S/C11H16N4O3/c1-14-5-6-18-9(8-14)7-13-10-3-2-4-12-11(10)15(16)17/h2-4,9,13H,5-8H2,1H3. The van der Waals surface area contributed by atoms with Crippen LogP contribution >= 0.6 is 0 Å². The lowest BCUT2D eigenvalue weighted by atomic mass is 10.2. The summed E-state index contributed by atoms with van der Waals surface area (Å²) in [6.07, 6.45) is 1.46. The number of anilines is 1. The number of nitrogens with one attached hydrogen (secondary N) is 1. The molecule has 1 aromatic heterocycles. The van der Waals surface area contributed by atoms with Crippen molar-refractivity contribution in [3.63, 3.8) is 0 Å². The fourth-order valence-electron chi connectivity index (χ4n) is 1.89. The molecule has 0 aromatic carbocycles. The van der Waals surface area contributed by atoms with Crippen molar-refractivity contribution in [2.24, 2.45) is 0 Å². The molecule has 2 rings (SSSR count). The molecule has 0 saturated carbocycles. The molecule has 2 heterocycles. The van der Waals surface area contributed by atoms with Gasteiger partial charge in [0.1, 0.15) is 11.9 Å². The summed E-state index contributed by atoms with van der Waals surface area (Å²) in [7, 11) is 2.03. The first-order valence-electron chi connectivity index (χ1n) is 5.80. The molecule has 0 amide bonds. The van der Waals surface area contributed by atoms with Crippen LogP contribution in [0.5, 0.6) is 0 Å². The summed E-state index contributed by atoms with van der Waals surface area (Å²) in [6, 6.07) is 3.32. The van der Waals surface area contributed by atoms with Crippen molar-refractivity contribution < 1.29 is 9.66 Å². The van der Waals surface area contributed by atoms with E-state index in [0.717, 1.165) is 13.1 Å². The van der Waals surface area contributed by atoms with Crippen LogP contribution < -0.4 is 5.32 Å². The van der Waals surface area contributed by atoms with Crippen LogP contribution in [0.4, 0.5) is 11.5 Å². The number of nitrogens with zero attached hydrogens (tertiary/aromatic N) is 3. The highest BCUT2D eigenvalue weighted by Gasteiger charge is 2.19. The third-order valence-corrected chi connectivity index (χ3v) is 2.82. The first kappa shape index (κ1) is 12.7. The minimum absolute atomic E-state index is 0.0450. The van der Waals surface area contributed by atoms with Crippen molar-refractivity contribution in [3.05, 3.63) is 28.4 Å². The molecule has 0 bridgehead atoms. The third-order valence-electron chi connectivity index (χ3n) is 2.82. The summed E-state index contributed by atoms with van der Waals surface area (Å²) < 4.78 is 5.58. The van der Waals surface area contributed by atoms with Crippen molar-refractivity contribution in [2.45, 2.75) is 6.10 Å². The van der Waals surface area contributed by atoms with Crippen molar-refractivity contribution in [1.82, 2.24) is 9.88 Å². The topological polar surface area (TPSA) is 80.5 Å². The van der Waals surface area contributed by atoms with Crippen LogP contribution in [0.3, 0.4) is 0 Å². The molecular weight excluding hydrogens is 236 g/mol. The Morgan fingerprint density at radius 1 is 1.72 bits per heavy atom. The first-order valence-corrected chi connectivity index (χ1v) is 5.80. The van der Waals surface area contributed by atoms with Gasteiger partial charge in [0.25, 0.3) is 0 Å². The molecule has 98 valence electrons. The van der Waals surface area contributed by atoms with Gasteiger partial charge in [-0.15, -0.1) is 0 Å². The van der Waals surface area contributed by atoms with Crippen LogP contribution in [-0.2, 0) is 4.74 Å². The van der Waals surface area contributed by atoms with Crippen LogP contribution in [0.2, 0.25) is 0 Å². The van der Waals surface area contributed by atoms with E-state index in [0.29, 0.717) is 18.8 Å². The maximum Gasteiger partial charge on any atom is 0.386 e. The van der Waals surface area contributed by atoms with Gasteiger partial charge in [-0.1, -0.05) is 0 Å². The predicted molar refractivity (Wildman–Crippen MR) is 66.6 cm³/mol. The molecule has 1 unspecified atom stereocenters. The van der Waals surface area contributed by atoms with Crippen molar-refractivity contribution in [2.75, 3.05) is 38.6 Å². The summed E-state index contributed by atoms with van der Waals surface area (Å²) in [5.74, 6) is -0.151. The first-order chi connectivity index (χ1) is 8.66. The van der Waals surface area contributed by atoms with Crippen molar-refractivity contribution >= 4 is 11.5 Å². The van der Waals surface area contributed by atoms with E-state index in [1.165, 1.54) is 6.20 Å². The quantitative estimate of drug-likeness (QED) is 0.628. The van der Waals surface area contributed by atoms with E-state index < -0.39 is 4.92 Å². The number of hydrogen-bond donors (Lipinski definition) is 1. The van der Waals surface area contributed by atoms with E-state index in [1.807, 2.05) is 7.05 Å². The Kier molecular flexibility index (Phi) is 4.06. The summed E-state index contributed by atoms with van der Waals surface area (Å²) in [5, 5.41) is 13.8. The molecule has 1 fully saturated rings. The van der Waals surface area contributed by atoms with E-state index in [9.17, 15) is 10.1 Å². The lowest BCUT2D eigenvalue weighted by Crippen LogP contribution is -2.43. The minimum atomic E-state index is -0.490. The lowest BCUT2D eigenvalue weighted by Gasteiger charge is -2.30. The highest BCUT2D eigenvalue weighted by molar-refractivity contribution is 5.56. The van der Waals surface area contributed by atoms with E-state index in [4.69, 9.17) is 4.74 Å². The number of ether oxygens (including phenoxy) is 1. The second-order valence-corrected chi connectivity index (χ2v) is 4.27. The summed E-state index contributed by atoms with van der Waals surface area (Å²) in [4.78, 5) is 16.2. The molecule has 0 aliphatic carbocycles. The van der Waals surface area contributed by atoms with Gasteiger partial charge >= 0.3 is 5.82 Å².